The number of aromatic nitrogens is 4. The summed E-state index contributed by atoms with van der Waals surface area (Å²) >= 11 is 0. The Morgan fingerprint density at radius 2 is 1.67 bits per heavy atom. The van der Waals surface area contributed by atoms with Crippen molar-refractivity contribution in [2.45, 2.75) is 0 Å². The fraction of sp³-hybridized carbons (Fsp3) is 0.190. The Morgan fingerprint density at radius 3 is 2.40 bits per heavy atom. The predicted molar refractivity (Wildman–Crippen MR) is 109 cm³/mol. The van der Waals surface area contributed by atoms with Crippen LogP contribution in [0.1, 0.15) is 0 Å². The number of hydrogen-bond donors (Lipinski definition) is 1. The molecule has 152 valence electrons. The van der Waals surface area contributed by atoms with Crippen molar-refractivity contribution in [3.8, 4) is 16.9 Å². The maximum atomic E-state index is 14.7. The quantitative estimate of drug-likeness (QED) is 0.561. The van der Waals surface area contributed by atoms with Crippen molar-refractivity contribution in [2.75, 3.05) is 36.9 Å². The van der Waals surface area contributed by atoms with Gasteiger partial charge in [0.25, 0.3) is 0 Å². The molecule has 9 heteroatoms. The maximum Gasteiger partial charge on any atom is 0.228 e. The summed E-state index contributed by atoms with van der Waals surface area (Å²) in [5, 5.41) is 4.97. The van der Waals surface area contributed by atoms with E-state index in [1.54, 1.807) is 30.3 Å². The van der Waals surface area contributed by atoms with Gasteiger partial charge in [-0.15, -0.1) is 5.10 Å². The third kappa shape index (κ3) is 3.13. The standard InChI is InChI=1S/C21H18F2N6O/c22-13-5-7-14(8-6-13)29-19(24)17-18(15-3-1-2-4-16(15)23)25-21(26-20(17)27-29)28-9-11-30-12-10-28/h1-8H,9-12,24H2. The van der Waals surface area contributed by atoms with Crippen molar-refractivity contribution in [3.05, 3.63) is 60.2 Å². The van der Waals surface area contributed by atoms with Crippen LogP contribution in [-0.4, -0.2) is 46.1 Å². The monoisotopic (exact) mass is 408 g/mol. The van der Waals surface area contributed by atoms with Crippen LogP contribution in [0, 0.1) is 11.6 Å². The van der Waals surface area contributed by atoms with Gasteiger partial charge in [0.15, 0.2) is 5.65 Å². The SMILES string of the molecule is Nc1c2c(-c3ccccc3F)nc(N3CCOCC3)nc2nn1-c1ccc(F)cc1. The van der Waals surface area contributed by atoms with Crippen molar-refractivity contribution in [3.63, 3.8) is 0 Å². The fourth-order valence-corrected chi connectivity index (χ4v) is 3.53. The lowest BCUT2D eigenvalue weighted by Crippen LogP contribution is -2.37. The van der Waals surface area contributed by atoms with Crippen molar-refractivity contribution < 1.29 is 13.5 Å². The van der Waals surface area contributed by atoms with Crippen molar-refractivity contribution >= 4 is 22.8 Å². The summed E-state index contributed by atoms with van der Waals surface area (Å²) in [7, 11) is 0. The van der Waals surface area contributed by atoms with Crippen LogP contribution in [0.3, 0.4) is 0 Å². The molecule has 2 aromatic carbocycles. The lowest BCUT2D eigenvalue weighted by molar-refractivity contribution is 0.122. The topological polar surface area (TPSA) is 82.1 Å². The van der Waals surface area contributed by atoms with Gasteiger partial charge in [-0.1, -0.05) is 12.1 Å². The largest absolute Gasteiger partial charge is 0.383 e. The zero-order valence-corrected chi connectivity index (χ0v) is 15.9. The van der Waals surface area contributed by atoms with Gasteiger partial charge in [0.1, 0.15) is 17.5 Å². The van der Waals surface area contributed by atoms with E-state index in [0.29, 0.717) is 60.2 Å². The van der Waals surface area contributed by atoms with Crippen LogP contribution < -0.4 is 10.6 Å². The lowest BCUT2D eigenvalue weighted by Gasteiger charge is -2.27. The Balaban J connectivity index is 1.76. The Morgan fingerprint density at radius 1 is 0.933 bits per heavy atom. The molecular weight excluding hydrogens is 390 g/mol. The van der Waals surface area contributed by atoms with Gasteiger partial charge in [-0.2, -0.15) is 4.98 Å². The van der Waals surface area contributed by atoms with Crippen LogP contribution in [0.25, 0.3) is 28.0 Å². The van der Waals surface area contributed by atoms with E-state index < -0.39 is 5.82 Å². The molecule has 0 unspecified atom stereocenters. The highest BCUT2D eigenvalue weighted by molar-refractivity contribution is 5.99. The number of hydrogen-bond acceptors (Lipinski definition) is 6. The molecule has 0 bridgehead atoms. The van der Waals surface area contributed by atoms with Crippen molar-refractivity contribution in [1.29, 1.82) is 0 Å². The Hall–Kier alpha value is -3.59. The Bertz CT molecular complexity index is 1220. The van der Waals surface area contributed by atoms with Gasteiger partial charge in [0.05, 0.1) is 30.0 Å². The number of fused-ring (bicyclic) bond motifs is 1. The summed E-state index contributed by atoms with van der Waals surface area (Å²) in [6, 6.07) is 12.2. The second-order valence-electron chi connectivity index (χ2n) is 6.92. The van der Waals surface area contributed by atoms with E-state index >= 15 is 0 Å². The first-order chi connectivity index (χ1) is 14.6. The first kappa shape index (κ1) is 18.4. The van der Waals surface area contributed by atoms with Gasteiger partial charge in [0, 0.05) is 18.7 Å². The van der Waals surface area contributed by atoms with Gasteiger partial charge in [-0.25, -0.2) is 18.4 Å². The molecule has 0 saturated carbocycles. The van der Waals surface area contributed by atoms with Crippen LogP contribution in [0.4, 0.5) is 20.5 Å². The molecular formula is C21H18F2N6O. The maximum absolute atomic E-state index is 14.7. The molecule has 3 heterocycles. The van der Waals surface area contributed by atoms with Gasteiger partial charge in [0.2, 0.25) is 5.95 Å². The van der Waals surface area contributed by atoms with Crippen LogP contribution >= 0.6 is 0 Å². The molecule has 1 fully saturated rings. The smallest absolute Gasteiger partial charge is 0.228 e. The van der Waals surface area contributed by atoms with Gasteiger partial charge in [-0.05, 0) is 36.4 Å². The first-order valence-corrected chi connectivity index (χ1v) is 9.51. The number of rotatable bonds is 3. The van der Waals surface area contributed by atoms with Crippen molar-refractivity contribution in [1.82, 2.24) is 19.7 Å². The van der Waals surface area contributed by atoms with Crippen LogP contribution in [-0.2, 0) is 4.74 Å². The third-order valence-corrected chi connectivity index (χ3v) is 5.05. The van der Waals surface area contributed by atoms with E-state index in [1.807, 2.05) is 4.90 Å². The number of nitrogens with zero attached hydrogens (tertiary/aromatic N) is 5. The summed E-state index contributed by atoms with van der Waals surface area (Å²) < 4.78 is 34.9. The second kappa shape index (κ2) is 7.34. The minimum atomic E-state index is -0.417. The molecule has 1 saturated heterocycles. The Kier molecular flexibility index (Phi) is 4.51. The molecule has 30 heavy (non-hydrogen) atoms. The molecule has 2 N–H and O–H groups in total. The van der Waals surface area contributed by atoms with E-state index in [2.05, 4.69) is 15.1 Å². The normalized spacial score (nSPS) is 14.4. The van der Waals surface area contributed by atoms with E-state index in [9.17, 15) is 8.78 Å². The van der Waals surface area contributed by atoms with E-state index in [1.165, 1.54) is 22.9 Å². The van der Waals surface area contributed by atoms with Gasteiger partial charge < -0.3 is 15.4 Å². The van der Waals surface area contributed by atoms with Crippen LogP contribution in [0.15, 0.2) is 48.5 Å². The summed E-state index contributed by atoms with van der Waals surface area (Å²) in [6.45, 7) is 2.36. The van der Waals surface area contributed by atoms with E-state index in [4.69, 9.17) is 10.5 Å². The van der Waals surface area contributed by atoms with Gasteiger partial charge >= 0.3 is 0 Å². The minimum Gasteiger partial charge on any atom is -0.383 e. The number of halogens is 2. The molecule has 2 aromatic heterocycles. The average molecular weight is 408 g/mol. The zero-order chi connectivity index (χ0) is 20.7. The highest BCUT2D eigenvalue weighted by Gasteiger charge is 2.23. The number of ether oxygens (including phenoxy) is 1. The summed E-state index contributed by atoms with van der Waals surface area (Å²) in [5.41, 5.74) is 7.98. The highest BCUT2D eigenvalue weighted by atomic mass is 19.1. The predicted octanol–water partition coefficient (Wildman–Crippen LogP) is 3.18. The van der Waals surface area contributed by atoms with Gasteiger partial charge in [-0.3, -0.25) is 0 Å². The molecule has 0 radical (unpaired) electrons. The molecule has 5 rings (SSSR count). The summed E-state index contributed by atoms with van der Waals surface area (Å²) in [5.74, 6) is -0.0916. The molecule has 0 spiro atoms. The second-order valence-corrected chi connectivity index (χ2v) is 6.92. The number of anilines is 2. The van der Waals surface area contributed by atoms with Crippen LogP contribution in [0.2, 0.25) is 0 Å². The summed E-state index contributed by atoms with van der Waals surface area (Å²) in [4.78, 5) is 11.2. The molecule has 0 atom stereocenters. The molecule has 1 aliphatic heterocycles. The Labute approximate surface area is 170 Å². The van der Waals surface area contributed by atoms with Crippen molar-refractivity contribution in [2.24, 2.45) is 0 Å². The first-order valence-electron chi connectivity index (χ1n) is 9.51. The van der Waals surface area contributed by atoms with Crippen LogP contribution in [0.5, 0.6) is 0 Å². The fourth-order valence-electron chi connectivity index (χ4n) is 3.53. The molecule has 0 amide bonds. The molecule has 1 aliphatic rings. The summed E-state index contributed by atoms with van der Waals surface area (Å²) in [6.07, 6.45) is 0. The number of morpholine rings is 1. The molecule has 0 aliphatic carbocycles. The average Bonchev–Trinajstić information content (AvgIpc) is 3.11. The number of nitrogen functional groups attached to an aromatic ring is 1. The highest BCUT2D eigenvalue weighted by Crippen LogP contribution is 2.34. The number of nitrogens with two attached hydrogens (primary N) is 1. The minimum absolute atomic E-state index is 0.253. The number of benzene rings is 2. The van der Waals surface area contributed by atoms with E-state index in [-0.39, 0.29) is 11.6 Å². The molecule has 4 aromatic rings. The molecule has 7 nitrogen and oxygen atoms in total. The zero-order valence-electron chi connectivity index (χ0n) is 15.9. The lowest BCUT2D eigenvalue weighted by atomic mass is 10.1. The van der Waals surface area contributed by atoms with E-state index in [0.717, 1.165) is 0 Å². The third-order valence-electron chi connectivity index (χ3n) is 5.05.